The number of carbonyl (C=O) groups is 1. The topological polar surface area (TPSA) is 98.1 Å². The van der Waals surface area contributed by atoms with Crippen LogP contribution in [0.4, 0.5) is 15.9 Å². The highest BCUT2D eigenvalue weighted by molar-refractivity contribution is 6.36. The van der Waals surface area contributed by atoms with Crippen LogP contribution in [0.2, 0.25) is 5.02 Å². The third-order valence-electron chi connectivity index (χ3n) is 10.2. The van der Waals surface area contributed by atoms with Gasteiger partial charge in [-0.3, -0.25) is 9.69 Å². The number of alkyl halides is 1. The summed E-state index contributed by atoms with van der Waals surface area (Å²) in [6.45, 7) is 5.18. The van der Waals surface area contributed by atoms with E-state index < -0.39 is 6.67 Å². The van der Waals surface area contributed by atoms with Gasteiger partial charge in [0, 0.05) is 80.7 Å². The molecule has 252 valence electrons. The van der Waals surface area contributed by atoms with Crippen LogP contribution >= 0.6 is 11.6 Å². The molecule has 0 N–H and O–H groups in total. The number of amides is 1. The second-order valence-electron chi connectivity index (χ2n) is 12.9. The molecule has 0 bridgehead atoms. The lowest BCUT2D eigenvalue weighted by atomic mass is 9.96. The van der Waals surface area contributed by atoms with Crippen molar-refractivity contribution in [3.63, 3.8) is 0 Å². The van der Waals surface area contributed by atoms with E-state index in [2.05, 4.69) is 45.0 Å². The van der Waals surface area contributed by atoms with Gasteiger partial charge in [-0.05, 0) is 49.3 Å². The summed E-state index contributed by atoms with van der Waals surface area (Å²) in [4.78, 5) is 31.6. The van der Waals surface area contributed by atoms with E-state index in [1.807, 2.05) is 12.1 Å². The maximum absolute atomic E-state index is 12.9. The van der Waals surface area contributed by atoms with Gasteiger partial charge in [0.1, 0.15) is 19.1 Å². The minimum Gasteiger partial charge on any atom is -0.462 e. The number of ether oxygens (including phenoxy) is 2. The zero-order valence-electron chi connectivity index (χ0n) is 27.1. The van der Waals surface area contributed by atoms with Crippen molar-refractivity contribution in [1.29, 1.82) is 5.26 Å². The third-order valence-corrected chi connectivity index (χ3v) is 10.5. The van der Waals surface area contributed by atoms with Crippen LogP contribution in [0.3, 0.4) is 0 Å². The molecular weight excluding hydrogens is 633 g/mol. The van der Waals surface area contributed by atoms with Gasteiger partial charge in [0.15, 0.2) is 0 Å². The SMILES string of the molecule is N#CC[C@H]1CN(c2nc(OCC3CCN3C3CCOCC3)nc3c2CCN(c2cccc4cccc(Cl)c24)C3)CCN1C(=O)/C=C/CF. The number of halogens is 2. The Kier molecular flexibility index (Phi) is 9.93. The first-order valence-corrected chi connectivity index (χ1v) is 17.3. The highest BCUT2D eigenvalue weighted by atomic mass is 35.5. The van der Waals surface area contributed by atoms with Crippen LogP contribution < -0.4 is 14.5 Å². The number of hydrogen-bond acceptors (Lipinski definition) is 9. The van der Waals surface area contributed by atoms with Gasteiger partial charge in [-0.2, -0.15) is 15.2 Å². The van der Waals surface area contributed by atoms with E-state index in [1.54, 1.807) is 4.90 Å². The van der Waals surface area contributed by atoms with E-state index in [9.17, 15) is 14.4 Å². The number of hydrogen-bond donors (Lipinski definition) is 0. The Bertz CT molecular complexity index is 1710. The molecule has 0 aliphatic carbocycles. The quantitative estimate of drug-likeness (QED) is 0.293. The average molecular weight is 674 g/mol. The smallest absolute Gasteiger partial charge is 0.318 e. The minimum absolute atomic E-state index is 0.168. The normalized spacial score (nSPS) is 22.1. The molecule has 3 aromatic rings. The molecule has 7 rings (SSSR count). The Morgan fingerprint density at radius 3 is 2.67 bits per heavy atom. The van der Waals surface area contributed by atoms with Gasteiger partial charge < -0.3 is 24.2 Å². The minimum atomic E-state index is -0.708. The number of aromatic nitrogens is 2. The van der Waals surface area contributed by atoms with Crippen molar-refractivity contribution in [3.05, 3.63) is 64.8 Å². The number of likely N-dealkylation sites (tertiary alicyclic amines) is 1. The standard InChI is InChI=1S/C36H41ClFN7O3/c37-30-6-1-4-25-5-2-7-32(34(25)30)42-16-11-29-31(23-42)40-36(48-24-28-10-17-44(28)26-12-20-47-21-13-26)41-35(29)43-18-19-45(27(22-43)9-15-39)33(46)8-3-14-38/h1-8,26-28H,9-14,16-24H2/b8-3+/t27-,28?/m0/s1. The van der Waals surface area contributed by atoms with Crippen molar-refractivity contribution >= 4 is 39.8 Å². The zero-order chi connectivity index (χ0) is 33.0. The van der Waals surface area contributed by atoms with Crippen LogP contribution in [0.25, 0.3) is 10.8 Å². The summed E-state index contributed by atoms with van der Waals surface area (Å²) in [5.41, 5.74) is 3.03. The van der Waals surface area contributed by atoms with Gasteiger partial charge in [-0.15, -0.1) is 0 Å². The predicted molar refractivity (Wildman–Crippen MR) is 183 cm³/mol. The van der Waals surface area contributed by atoms with E-state index in [0.717, 1.165) is 79.1 Å². The van der Waals surface area contributed by atoms with Crippen molar-refractivity contribution in [3.8, 4) is 12.1 Å². The molecule has 1 aromatic heterocycles. The number of nitrogens with zero attached hydrogens (tertiary/aromatic N) is 7. The van der Waals surface area contributed by atoms with Crippen LogP contribution in [0.5, 0.6) is 6.01 Å². The third kappa shape index (κ3) is 6.66. The fourth-order valence-electron chi connectivity index (χ4n) is 7.63. The number of nitriles is 1. The van der Waals surface area contributed by atoms with Crippen molar-refractivity contribution < 1.29 is 18.7 Å². The largest absolute Gasteiger partial charge is 0.462 e. The van der Waals surface area contributed by atoms with Crippen LogP contribution in [-0.2, 0) is 22.5 Å². The van der Waals surface area contributed by atoms with Crippen LogP contribution in [0.1, 0.15) is 36.9 Å². The maximum Gasteiger partial charge on any atom is 0.318 e. The lowest BCUT2D eigenvalue weighted by Crippen LogP contribution is -2.57. The molecule has 1 unspecified atom stereocenters. The van der Waals surface area contributed by atoms with Crippen LogP contribution in [0, 0.1) is 11.3 Å². The molecular formula is C36H41ClFN7O3. The second-order valence-corrected chi connectivity index (χ2v) is 13.3. The molecule has 2 atom stereocenters. The van der Waals surface area contributed by atoms with Gasteiger partial charge in [0.05, 0.1) is 35.8 Å². The number of fused-ring (bicyclic) bond motifs is 2. The van der Waals surface area contributed by atoms with E-state index in [4.69, 9.17) is 31.0 Å². The zero-order valence-corrected chi connectivity index (χ0v) is 27.8. The Morgan fingerprint density at radius 2 is 1.90 bits per heavy atom. The van der Waals surface area contributed by atoms with Crippen molar-refractivity contribution in [2.75, 3.05) is 69.0 Å². The Balaban J connectivity index is 1.17. The molecule has 12 heteroatoms. The summed E-state index contributed by atoms with van der Waals surface area (Å²) in [5.74, 6) is 0.523. The van der Waals surface area contributed by atoms with Gasteiger partial charge >= 0.3 is 6.01 Å². The van der Waals surface area contributed by atoms with Gasteiger partial charge in [0.25, 0.3) is 0 Å². The summed E-state index contributed by atoms with van der Waals surface area (Å²) in [6, 6.07) is 15.3. The number of carbonyl (C=O) groups excluding carboxylic acids is 1. The Labute approximate surface area is 285 Å². The fourth-order valence-corrected chi connectivity index (χ4v) is 7.91. The van der Waals surface area contributed by atoms with Gasteiger partial charge in [0.2, 0.25) is 5.91 Å². The van der Waals surface area contributed by atoms with E-state index in [1.165, 1.54) is 12.2 Å². The molecule has 3 saturated heterocycles. The van der Waals surface area contributed by atoms with E-state index in [0.29, 0.717) is 62.3 Å². The first-order chi connectivity index (χ1) is 23.5. The summed E-state index contributed by atoms with van der Waals surface area (Å²) in [6.07, 6.45) is 6.53. The molecule has 48 heavy (non-hydrogen) atoms. The molecule has 0 spiro atoms. The van der Waals surface area contributed by atoms with Crippen LogP contribution in [-0.4, -0.2) is 103 Å². The molecule has 3 fully saturated rings. The molecule has 4 aliphatic heterocycles. The number of allylic oxidation sites excluding steroid dienone is 1. The monoisotopic (exact) mass is 673 g/mol. The van der Waals surface area contributed by atoms with Crippen molar-refractivity contribution in [2.24, 2.45) is 0 Å². The lowest BCUT2D eigenvalue weighted by Gasteiger charge is -2.47. The van der Waals surface area contributed by atoms with E-state index in [-0.39, 0.29) is 18.4 Å². The van der Waals surface area contributed by atoms with Gasteiger partial charge in [-0.1, -0.05) is 35.9 Å². The number of benzene rings is 2. The Morgan fingerprint density at radius 1 is 1.06 bits per heavy atom. The maximum atomic E-state index is 12.9. The first kappa shape index (κ1) is 32.6. The number of piperazine rings is 1. The molecule has 10 nitrogen and oxygen atoms in total. The lowest BCUT2D eigenvalue weighted by molar-refractivity contribution is -0.128. The summed E-state index contributed by atoms with van der Waals surface area (Å²) in [7, 11) is 0. The van der Waals surface area contributed by atoms with Crippen LogP contribution in [0.15, 0.2) is 48.6 Å². The molecule has 4 aliphatic rings. The second kappa shape index (κ2) is 14.6. The highest BCUT2D eigenvalue weighted by Crippen LogP contribution is 2.37. The van der Waals surface area contributed by atoms with Crippen molar-refractivity contribution in [1.82, 2.24) is 19.8 Å². The summed E-state index contributed by atoms with van der Waals surface area (Å²) < 4.78 is 24.8. The summed E-state index contributed by atoms with van der Waals surface area (Å²) >= 11 is 6.73. The van der Waals surface area contributed by atoms with Crippen molar-refractivity contribution in [2.45, 2.75) is 56.8 Å². The average Bonchev–Trinajstić information content (AvgIpc) is 3.10. The molecule has 2 aromatic carbocycles. The van der Waals surface area contributed by atoms with E-state index >= 15 is 0 Å². The summed E-state index contributed by atoms with van der Waals surface area (Å²) in [5, 5.41) is 12.5. The molecule has 0 saturated carbocycles. The highest BCUT2D eigenvalue weighted by Gasteiger charge is 2.36. The molecule has 5 heterocycles. The fraction of sp³-hybridized carbons (Fsp3) is 0.500. The first-order valence-electron chi connectivity index (χ1n) is 17.0. The van der Waals surface area contributed by atoms with Gasteiger partial charge in [-0.25, -0.2) is 4.39 Å². The molecule has 1 amide bonds. The Hall–Kier alpha value is -3.98. The molecule has 0 radical (unpaired) electrons. The predicted octanol–water partition coefficient (Wildman–Crippen LogP) is 4.93. The number of anilines is 2. The number of rotatable bonds is 9.